The van der Waals surface area contributed by atoms with Gasteiger partial charge in [0.1, 0.15) is 12.4 Å². The highest BCUT2D eigenvalue weighted by Crippen LogP contribution is 1.86. The summed E-state index contributed by atoms with van der Waals surface area (Å²) in [5.74, 6) is 0. The van der Waals surface area contributed by atoms with Gasteiger partial charge >= 0.3 is 0 Å². The standard InChI is InChI=1S/C4H6IN2/c1-6-2-3-7(5)4-6/h2-4H,1H3/q+1. The van der Waals surface area contributed by atoms with E-state index in [9.17, 15) is 0 Å². The SMILES string of the molecule is C[n+]1ccn(I)c1. The smallest absolute Gasteiger partial charge is 0.239 e. The van der Waals surface area contributed by atoms with Crippen LogP contribution in [0.15, 0.2) is 18.7 Å². The summed E-state index contributed by atoms with van der Waals surface area (Å²) < 4.78 is 3.96. The molecule has 0 N–H and O–H groups in total. The van der Waals surface area contributed by atoms with Gasteiger partial charge in [0.15, 0.2) is 0 Å². The zero-order valence-corrected chi connectivity index (χ0v) is 6.16. The van der Waals surface area contributed by atoms with Crippen molar-refractivity contribution in [3.63, 3.8) is 0 Å². The van der Waals surface area contributed by atoms with Gasteiger partial charge in [-0.3, -0.25) is 0 Å². The Kier molecular flexibility index (Phi) is 1.32. The topological polar surface area (TPSA) is 8.81 Å². The van der Waals surface area contributed by atoms with Crippen molar-refractivity contribution in [2.45, 2.75) is 0 Å². The fourth-order valence-corrected chi connectivity index (χ4v) is 0.957. The van der Waals surface area contributed by atoms with Crippen LogP contribution in [0.4, 0.5) is 0 Å². The first-order valence-electron chi connectivity index (χ1n) is 1.98. The molecule has 0 bridgehead atoms. The van der Waals surface area contributed by atoms with Crippen LogP contribution in [0.2, 0.25) is 0 Å². The quantitative estimate of drug-likeness (QED) is 0.434. The fourth-order valence-electron chi connectivity index (χ4n) is 0.420. The van der Waals surface area contributed by atoms with Crippen LogP contribution in [-0.2, 0) is 7.05 Å². The normalized spacial score (nSPS) is 9.43. The highest BCUT2D eigenvalue weighted by Gasteiger charge is 1.89. The summed E-state index contributed by atoms with van der Waals surface area (Å²) in [5, 5.41) is 0. The first-order valence-corrected chi connectivity index (χ1v) is 2.95. The van der Waals surface area contributed by atoms with Gasteiger partial charge < -0.3 is 0 Å². The van der Waals surface area contributed by atoms with Crippen LogP contribution < -0.4 is 4.57 Å². The van der Waals surface area contributed by atoms with Gasteiger partial charge in [-0.15, -0.1) is 0 Å². The van der Waals surface area contributed by atoms with Crippen LogP contribution in [-0.4, -0.2) is 2.78 Å². The Morgan fingerprint density at radius 3 is 2.57 bits per heavy atom. The number of aromatic nitrogens is 2. The molecule has 7 heavy (non-hydrogen) atoms. The molecule has 0 saturated carbocycles. The Bertz CT molecular complexity index is 142. The Balaban J connectivity index is 3.04. The monoisotopic (exact) mass is 209 g/mol. The predicted octanol–water partition coefficient (Wildman–Crippen LogP) is 0.511. The van der Waals surface area contributed by atoms with Crippen molar-refractivity contribution in [1.29, 1.82) is 0 Å². The molecule has 0 saturated heterocycles. The number of rotatable bonds is 0. The molecule has 0 aliphatic carbocycles. The van der Waals surface area contributed by atoms with Gasteiger partial charge in [0.2, 0.25) is 22.9 Å². The zero-order chi connectivity index (χ0) is 5.28. The minimum absolute atomic E-state index is 1.97. The Morgan fingerprint density at radius 2 is 2.43 bits per heavy atom. The lowest BCUT2D eigenvalue weighted by molar-refractivity contribution is -0.670. The average molecular weight is 209 g/mol. The van der Waals surface area contributed by atoms with E-state index in [0.717, 1.165) is 0 Å². The van der Waals surface area contributed by atoms with Gasteiger partial charge in [-0.1, -0.05) is 0 Å². The first-order chi connectivity index (χ1) is 3.29. The third kappa shape index (κ3) is 1.15. The first kappa shape index (κ1) is 5.08. The summed E-state index contributed by atoms with van der Waals surface area (Å²) in [4.78, 5) is 0. The lowest BCUT2D eigenvalue weighted by Crippen LogP contribution is -2.23. The second-order valence-corrected chi connectivity index (χ2v) is 2.54. The third-order valence-electron chi connectivity index (χ3n) is 0.737. The number of halogens is 1. The number of hydrogen-bond donors (Lipinski definition) is 0. The molecular formula is C4H6IN2+. The highest BCUT2D eigenvalue weighted by atomic mass is 127. The molecule has 1 aromatic heterocycles. The number of hydrogen-bond acceptors (Lipinski definition) is 0. The average Bonchev–Trinajstić information content (AvgIpc) is 1.87. The van der Waals surface area contributed by atoms with E-state index < -0.39 is 0 Å². The van der Waals surface area contributed by atoms with Gasteiger partial charge in [-0.05, 0) is 0 Å². The molecule has 0 aromatic carbocycles. The molecule has 38 valence electrons. The van der Waals surface area contributed by atoms with E-state index >= 15 is 0 Å². The second-order valence-electron chi connectivity index (χ2n) is 1.42. The van der Waals surface area contributed by atoms with Crippen LogP contribution in [0.3, 0.4) is 0 Å². The molecule has 3 heteroatoms. The lowest BCUT2D eigenvalue weighted by atomic mass is 10.9. The van der Waals surface area contributed by atoms with E-state index in [2.05, 4.69) is 22.9 Å². The summed E-state index contributed by atoms with van der Waals surface area (Å²) in [5.41, 5.74) is 0. The molecule has 1 rings (SSSR count). The Labute approximate surface area is 56.3 Å². The predicted molar refractivity (Wildman–Crippen MR) is 35.0 cm³/mol. The summed E-state index contributed by atoms with van der Waals surface area (Å²) in [6, 6.07) is 0. The molecule has 1 heterocycles. The summed E-state index contributed by atoms with van der Waals surface area (Å²) in [6.07, 6.45) is 5.97. The minimum atomic E-state index is 1.97. The van der Waals surface area contributed by atoms with Crippen molar-refractivity contribution < 1.29 is 4.57 Å². The molecule has 0 amide bonds. The van der Waals surface area contributed by atoms with Crippen molar-refractivity contribution >= 4 is 22.9 Å². The van der Waals surface area contributed by atoms with E-state index in [1.165, 1.54) is 0 Å². The zero-order valence-electron chi connectivity index (χ0n) is 4.00. The van der Waals surface area contributed by atoms with E-state index in [1.807, 2.05) is 33.1 Å². The number of nitrogens with zero attached hydrogens (tertiary/aromatic N) is 2. The molecule has 1 aromatic rings. The fraction of sp³-hybridized carbons (Fsp3) is 0.250. The van der Waals surface area contributed by atoms with Crippen LogP contribution in [0.5, 0.6) is 0 Å². The molecule has 0 aliphatic heterocycles. The van der Waals surface area contributed by atoms with Gasteiger partial charge in [-0.25, -0.2) is 4.57 Å². The van der Waals surface area contributed by atoms with E-state index in [4.69, 9.17) is 0 Å². The summed E-state index contributed by atoms with van der Waals surface area (Å²) in [6.45, 7) is 0. The Morgan fingerprint density at radius 1 is 1.71 bits per heavy atom. The van der Waals surface area contributed by atoms with Gasteiger partial charge in [-0.2, -0.15) is 2.78 Å². The van der Waals surface area contributed by atoms with E-state index in [-0.39, 0.29) is 0 Å². The van der Waals surface area contributed by atoms with Crippen molar-refractivity contribution in [3.8, 4) is 0 Å². The summed E-state index contributed by atoms with van der Waals surface area (Å²) >= 11 is 2.20. The van der Waals surface area contributed by atoms with Crippen molar-refractivity contribution in [3.05, 3.63) is 18.7 Å². The van der Waals surface area contributed by atoms with E-state index in [0.29, 0.717) is 0 Å². The van der Waals surface area contributed by atoms with Crippen molar-refractivity contribution in [1.82, 2.24) is 2.78 Å². The molecule has 0 unspecified atom stereocenters. The third-order valence-corrected chi connectivity index (χ3v) is 1.31. The van der Waals surface area contributed by atoms with Crippen LogP contribution >= 0.6 is 22.9 Å². The van der Waals surface area contributed by atoms with Crippen molar-refractivity contribution in [2.24, 2.45) is 7.05 Å². The molecule has 0 aliphatic rings. The van der Waals surface area contributed by atoms with Crippen LogP contribution in [0, 0.1) is 0 Å². The maximum atomic E-state index is 2.20. The highest BCUT2D eigenvalue weighted by molar-refractivity contribution is 14.1. The van der Waals surface area contributed by atoms with E-state index in [1.54, 1.807) is 0 Å². The maximum absolute atomic E-state index is 2.20. The molecule has 0 spiro atoms. The van der Waals surface area contributed by atoms with Gasteiger partial charge in [0.05, 0.1) is 7.05 Å². The molecule has 0 atom stereocenters. The molecule has 0 radical (unpaired) electrons. The van der Waals surface area contributed by atoms with Gasteiger partial charge in [0, 0.05) is 0 Å². The lowest BCUT2D eigenvalue weighted by Gasteiger charge is -1.70. The largest absolute Gasteiger partial charge is 0.252 e. The number of imidazole rings is 1. The summed E-state index contributed by atoms with van der Waals surface area (Å²) in [7, 11) is 2.00. The molecular weight excluding hydrogens is 203 g/mol. The minimum Gasteiger partial charge on any atom is -0.239 e. The molecule has 0 fully saturated rings. The van der Waals surface area contributed by atoms with Crippen LogP contribution in [0.1, 0.15) is 0 Å². The van der Waals surface area contributed by atoms with Gasteiger partial charge in [0.25, 0.3) is 6.33 Å². The number of aryl methyl sites for hydroxylation is 1. The molecule has 2 nitrogen and oxygen atoms in total. The Hall–Kier alpha value is -0.0600. The van der Waals surface area contributed by atoms with Crippen molar-refractivity contribution in [2.75, 3.05) is 0 Å². The van der Waals surface area contributed by atoms with Crippen LogP contribution in [0.25, 0.3) is 0 Å². The second kappa shape index (κ2) is 1.81. The maximum Gasteiger partial charge on any atom is 0.252 e.